The number of barbiturate groups is 1. The Morgan fingerprint density at radius 2 is 1.42 bits per heavy atom. The van der Waals surface area contributed by atoms with Crippen LogP contribution in [-0.4, -0.2) is 35.9 Å². The van der Waals surface area contributed by atoms with E-state index in [9.17, 15) is 24.5 Å². The van der Waals surface area contributed by atoms with Gasteiger partial charge in [0.05, 0.1) is 10.6 Å². The third-order valence-corrected chi connectivity index (χ3v) is 10.4. The van der Waals surface area contributed by atoms with Gasteiger partial charge in [-0.2, -0.15) is 0 Å². The number of amides is 4. The maximum absolute atomic E-state index is 14.4. The van der Waals surface area contributed by atoms with Gasteiger partial charge in [0.25, 0.3) is 17.5 Å². The molecule has 0 radical (unpaired) electrons. The summed E-state index contributed by atoms with van der Waals surface area (Å²) in [5, 5.41) is 13.8. The van der Waals surface area contributed by atoms with Crippen LogP contribution in [0.2, 0.25) is 5.02 Å². The Bertz CT molecular complexity index is 2220. The van der Waals surface area contributed by atoms with Gasteiger partial charge in [-0.25, -0.2) is 9.69 Å². The number of nitro benzene ring substituents is 1. The molecule has 4 amide bonds. The van der Waals surface area contributed by atoms with Crippen LogP contribution in [0.3, 0.4) is 0 Å². The molecule has 0 aliphatic carbocycles. The molecule has 53 heavy (non-hydrogen) atoms. The fourth-order valence-corrected chi connectivity index (χ4v) is 7.84. The number of hydrogen-bond acceptors (Lipinski definition) is 7. The van der Waals surface area contributed by atoms with Crippen molar-refractivity contribution in [1.82, 2.24) is 5.32 Å². The summed E-state index contributed by atoms with van der Waals surface area (Å²) in [6.07, 6.45) is 3.12. The SMILES string of the molecule is O=C1NC(=O)N(c2cc3c4c(c2)[C@H](c2ccccc2)CCN4CC[C@H]3c2ccccc2)C(=O)/C1=C/c1cc(Cl)ccc1OCc1ccc([N+](=O)[O-])cc1. The number of hydrogen-bond donors (Lipinski definition) is 1. The lowest BCUT2D eigenvalue weighted by molar-refractivity contribution is -0.384. The minimum absolute atomic E-state index is 0.0391. The molecule has 0 unspecified atom stereocenters. The molecule has 1 N–H and O–H groups in total. The Labute approximate surface area is 310 Å². The van der Waals surface area contributed by atoms with Crippen molar-refractivity contribution in [3.8, 4) is 5.75 Å². The number of carbonyl (C=O) groups excluding carboxylic acids is 3. The fraction of sp³-hybridized carbons (Fsp3) is 0.167. The number of imide groups is 2. The van der Waals surface area contributed by atoms with E-state index >= 15 is 0 Å². The second-order valence-corrected chi connectivity index (χ2v) is 13.8. The van der Waals surface area contributed by atoms with Crippen LogP contribution in [0.1, 0.15) is 58.1 Å². The predicted molar refractivity (Wildman–Crippen MR) is 202 cm³/mol. The molecule has 0 saturated carbocycles. The highest BCUT2D eigenvalue weighted by molar-refractivity contribution is 6.39. The van der Waals surface area contributed by atoms with Gasteiger partial charge in [-0.3, -0.25) is 25.0 Å². The van der Waals surface area contributed by atoms with Gasteiger partial charge in [0.1, 0.15) is 17.9 Å². The van der Waals surface area contributed by atoms with Crippen molar-refractivity contribution in [2.75, 3.05) is 22.9 Å². The van der Waals surface area contributed by atoms with Gasteiger partial charge in [-0.1, -0.05) is 72.3 Å². The standard InChI is InChI=1S/C42H33ClN4O6/c43-30-13-16-38(53-25-26-11-14-31(15-12-26)47(51)52)29(21-30)22-37-40(48)44-42(50)46(41(37)49)32-23-35-33(27-7-3-1-4-8-27)17-19-45-20-18-34(36(24-32)39(35)45)28-9-5-2-6-10-28/h1-16,21-24,33-34H,17-20,25H2,(H,44,48,50)/b37-22+/t33-,34-/m0/s1. The van der Waals surface area contributed by atoms with Crippen molar-refractivity contribution in [2.24, 2.45) is 0 Å². The Hall–Kier alpha value is -6.26. The number of nitrogens with zero attached hydrogens (tertiary/aromatic N) is 3. The Morgan fingerprint density at radius 1 is 0.811 bits per heavy atom. The molecule has 2 atom stereocenters. The average Bonchev–Trinajstić information content (AvgIpc) is 3.17. The van der Waals surface area contributed by atoms with E-state index in [1.165, 1.54) is 18.2 Å². The van der Waals surface area contributed by atoms with E-state index in [0.29, 0.717) is 27.6 Å². The lowest BCUT2D eigenvalue weighted by Crippen LogP contribution is -2.54. The number of rotatable bonds is 8. The molecular weight excluding hydrogens is 692 g/mol. The van der Waals surface area contributed by atoms with Crippen LogP contribution >= 0.6 is 11.6 Å². The van der Waals surface area contributed by atoms with E-state index in [1.807, 2.05) is 48.5 Å². The van der Waals surface area contributed by atoms with Crippen molar-refractivity contribution in [1.29, 1.82) is 0 Å². The number of carbonyl (C=O) groups is 3. The van der Waals surface area contributed by atoms with E-state index in [0.717, 1.165) is 58.8 Å². The Balaban J connectivity index is 1.19. The second-order valence-electron chi connectivity index (χ2n) is 13.3. The number of nitrogens with one attached hydrogen (secondary N) is 1. The third-order valence-electron chi connectivity index (χ3n) is 10.2. The molecule has 0 bridgehead atoms. The van der Waals surface area contributed by atoms with Crippen LogP contribution in [0.5, 0.6) is 5.75 Å². The summed E-state index contributed by atoms with van der Waals surface area (Å²) in [4.78, 5) is 55.5. The number of non-ortho nitro benzene ring substituents is 1. The first-order valence-electron chi connectivity index (χ1n) is 17.3. The summed E-state index contributed by atoms with van der Waals surface area (Å²) in [5.74, 6) is -1.22. The number of halogens is 1. The zero-order valence-electron chi connectivity index (χ0n) is 28.4. The van der Waals surface area contributed by atoms with Crippen LogP contribution in [0, 0.1) is 10.1 Å². The molecule has 0 aromatic heterocycles. The maximum atomic E-state index is 14.4. The minimum atomic E-state index is -0.840. The summed E-state index contributed by atoms with van der Waals surface area (Å²) in [6.45, 7) is 1.83. The minimum Gasteiger partial charge on any atom is -0.488 e. The van der Waals surface area contributed by atoms with Crippen LogP contribution in [0.4, 0.5) is 21.9 Å². The Morgan fingerprint density at radius 3 is 2.00 bits per heavy atom. The summed E-state index contributed by atoms with van der Waals surface area (Å²) >= 11 is 6.36. The number of benzene rings is 5. The topological polar surface area (TPSA) is 122 Å². The molecule has 3 heterocycles. The molecule has 264 valence electrons. The first-order chi connectivity index (χ1) is 25.7. The smallest absolute Gasteiger partial charge is 0.335 e. The van der Waals surface area contributed by atoms with Gasteiger partial charge >= 0.3 is 6.03 Å². The molecule has 3 aliphatic rings. The molecule has 0 spiro atoms. The van der Waals surface area contributed by atoms with Crippen molar-refractivity contribution in [3.63, 3.8) is 0 Å². The summed E-state index contributed by atoms with van der Waals surface area (Å²) in [5.41, 5.74) is 6.61. The van der Waals surface area contributed by atoms with Crippen LogP contribution in [0.15, 0.2) is 121 Å². The maximum Gasteiger partial charge on any atom is 0.335 e. The van der Waals surface area contributed by atoms with Crippen molar-refractivity contribution < 1.29 is 24.0 Å². The van der Waals surface area contributed by atoms with E-state index < -0.39 is 22.8 Å². The number of ether oxygens (including phenoxy) is 1. The van der Waals surface area contributed by atoms with Crippen LogP contribution < -0.4 is 19.9 Å². The quantitative estimate of drug-likeness (QED) is 0.0739. The normalized spacial score (nSPS) is 18.8. The first-order valence-corrected chi connectivity index (χ1v) is 17.7. The van der Waals surface area contributed by atoms with Gasteiger partial charge in [-0.05, 0) is 89.2 Å². The van der Waals surface area contributed by atoms with E-state index in [1.54, 1.807) is 30.3 Å². The Kier molecular flexibility index (Phi) is 8.97. The molecular formula is C42H33ClN4O6. The largest absolute Gasteiger partial charge is 0.488 e. The summed E-state index contributed by atoms with van der Waals surface area (Å²) < 4.78 is 6.04. The highest BCUT2D eigenvalue weighted by Crippen LogP contribution is 2.50. The lowest BCUT2D eigenvalue weighted by atomic mass is 9.76. The van der Waals surface area contributed by atoms with Crippen molar-refractivity contribution >= 4 is 52.6 Å². The molecule has 1 fully saturated rings. The third kappa shape index (κ3) is 6.53. The van der Waals surface area contributed by atoms with E-state index in [-0.39, 0.29) is 29.7 Å². The second kappa shape index (κ2) is 14.0. The number of anilines is 2. The van der Waals surface area contributed by atoms with Gasteiger partial charge in [0.15, 0.2) is 0 Å². The average molecular weight is 725 g/mol. The predicted octanol–water partition coefficient (Wildman–Crippen LogP) is 8.37. The first kappa shape index (κ1) is 33.9. The molecule has 8 rings (SSSR count). The summed E-state index contributed by atoms with van der Waals surface area (Å²) in [6, 6.07) is 34.3. The number of nitro groups is 1. The lowest BCUT2D eigenvalue weighted by Gasteiger charge is -2.44. The molecule has 5 aromatic carbocycles. The van der Waals surface area contributed by atoms with E-state index in [2.05, 4.69) is 34.5 Å². The molecule has 1 saturated heterocycles. The van der Waals surface area contributed by atoms with Gasteiger partial charge in [0, 0.05) is 53.3 Å². The molecule has 11 heteroatoms. The monoisotopic (exact) mass is 724 g/mol. The highest BCUT2D eigenvalue weighted by Gasteiger charge is 2.40. The van der Waals surface area contributed by atoms with Gasteiger partial charge < -0.3 is 9.64 Å². The number of urea groups is 1. The van der Waals surface area contributed by atoms with Crippen LogP contribution in [0.25, 0.3) is 6.08 Å². The zero-order chi connectivity index (χ0) is 36.6. The van der Waals surface area contributed by atoms with Gasteiger partial charge in [0.2, 0.25) is 0 Å². The van der Waals surface area contributed by atoms with Crippen LogP contribution in [-0.2, 0) is 16.2 Å². The van der Waals surface area contributed by atoms with E-state index in [4.69, 9.17) is 16.3 Å². The van der Waals surface area contributed by atoms with Crippen molar-refractivity contribution in [3.05, 3.63) is 169 Å². The molecule has 3 aliphatic heterocycles. The highest BCUT2D eigenvalue weighted by atomic mass is 35.5. The molecule has 5 aromatic rings. The van der Waals surface area contributed by atoms with Crippen molar-refractivity contribution in [2.45, 2.75) is 31.3 Å². The fourth-order valence-electron chi connectivity index (χ4n) is 7.65. The zero-order valence-corrected chi connectivity index (χ0v) is 29.2. The van der Waals surface area contributed by atoms with Gasteiger partial charge in [-0.15, -0.1) is 0 Å². The molecule has 10 nitrogen and oxygen atoms in total. The summed E-state index contributed by atoms with van der Waals surface area (Å²) in [7, 11) is 0.